The van der Waals surface area contributed by atoms with Gasteiger partial charge < -0.3 is 0 Å². The van der Waals surface area contributed by atoms with Crippen molar-refractivity contribution >= 4 is 11.8 Å². The van der Waals surface area contributed by atoms with Gasteiger partial charge in [-0.1, -0.05) is 6.92 Å². The van der Waals surface area contributed by atoms with E-state index in [-0.39, 0.29) is 10.9 Å². The maximum atomic E-state index is 13.1. The number of hydrogen-bond acceptors (Lipinski definition) is 6. The van der Waals surface area contributed by atoms with Gasteiger partial charge in [-0.25, -0.2) is 15.0 Å². The summed E-state index contributed by atoms with van der Waals surface area (Å²) in [5.74, 6) is 0.623. The number of aromatic amines is 1. The lowest BCUT2D eigenvalue weighted by Gasteiger charge is -2.09. The quantitative estimate of drug-likeness (QED) is 0.725. The van der Waals surface area contributed by atoms with Crippen molar-refractivity contribution < 1.29 is 13.2 Å². The van der Waals surface area contributed by atoms with Crippen LogP contribution in [0.5, 0.6) is 0 Å². The normalized spacial score (nSPS) is 11.7. The number of aromatic nitrogens is 6. The molecule has 1 N–H and O–H groups in total. The summed E-state index contributed by atoms with van der Waals surface area (Å²) in [6.45, 7) is 1.89. The largest absolute Gasteiger partial charge is 0.433 e. The topological polar surface area (TPSA) is 80.2 Å². The molecule has 0 aliphatic rings. The van der Waals surface area contributed by atoms with Crippen LogP contribution in [0.2, 0.25) is 0 Å². The zero-order valence-electron chi connectivity index (χ0n) is 12.4. The van der Waals surface area contributed by atoms with Gasteiger partial charge in [0.2, 0.25) is 5.16 Å². The minimum Gasteiger partial charge on any atom is -0.265 e. The molecule has 0 saturated carbocycles. The van der Waals surface area contributed by atoms with Gasteiger partial charge in [0.15, 0.2) is 5.82 Å². The maximum Gasteiger partial charge on any atom is 0.433 e. The van der Waals surface area contributed by atoms with Crippen LogP contribution in [0.3, 0.4) is 0 Å². The Kier molecular flexibility index (Phi) is 4.47. The van der Waals surface area contributed by atoms with Crippen LogP contribution in [0, 0.1) is 0 Å². The van der Waals surface area contributed by atoms with Crippen LogP contribution >= 0.6 is 11.8 Å². The van der Waals surface area contributed by atoms with E-state index in [0.717, 1.165) is 17.8 Å². The Balaban J connectivity index is 2.01. The monoisotopic (exact) mass is 352 g/mol. The predicted octanol–water partition coefficient (Wildman–Crippen LogP) is 3.39. The minimum atomic E-state index is -4.58. The summed E-state index contributed by atoms with van der Waals surface area (Å²) < 4.78 is 39.3. The molecular formula is C14H11F3N6S. The van der Waals surface area contributed by atoms with Gasteiger partial charge in [-0.2, -0.15) is 13.2 Å². The first-order valence-corrected chi connectivity index (χ1v) is 7.73. The Hall–Kier alpha value is -2.49. The number of nitrogens with zero attached hydrogens (tertiary/aromatic N) is 5. The first-order chi connectivity index (χ1) is 11.5. The molecule has 0 fully saturated rings. The molecule has 0 bridgehead atoms. The van der Waals surface area contributed by atoms with Gasteiger partial charge in [0.05, 0.1) is 0 Å². The van der Waals surface area contributed by atoms with Crippen LogP contribution < -0.4 is 0 Å². The van der Waals surface area contributed by atoms with Crippen molar-refractivity contribution in [1.82, 2.24) is 30.1 Å². The fourth-order valence-electron chi connectivity index (χ4n) is 1.83. The molecule has 3 aromatic rings. The second-order valence-corrected chi connectivity index (χ2v) is 5.66. The Morgan fingerprint density at radius 1 is 1.12 bits per heavy atom. The van der Waals surface area contributed by atoms with Gasteiger partial charge in [0.1, 0.15) is 16.5 Å². The Morgan fingerprint density at radius 3 is 2.50 bits per heavy atom. The number of pyridine rings is 1. The third-order valence-corrected chi connectivity index (χ3v) is 3.76. The van der Waals surface area contributed by atoms with Gasteiger partial charge >= 0.3 is 6.18 Å². The predicted molar refractivity (Wildman–Crippen MR) is 80.1 cm³/mol. The zero-order valence-corrected chi connectivity index (χ0v) is 13.2. The number of hydrogen-bond donors (Lipinski definition) is 1. The van der Waals surface area contributed by atoms with Crippen molar-refractivity contribution in [1.29, 1.82) is 0 Å². The van der Waals surface area contributed by atoms with Gasteiger partial charge in [-0.05, 0) is 23.9 Å². The standard InChI is InChI=1S/C14H11F3N6S/c1-2-10-20-13(23-22-10)24-11-7-9(14(15,16)17)19-12(21-11)8-3-5-18-6-4-8/h3-7H,2H2,1H3,(H,20,22,23). The van der Waals surface area contributed by atoms with Crippen LogP contribution in [-0.2, 0) is 12.6 Å². The number of alkyl halides is 3. The average Bonchev–Trinajstić information content (AvgIpc) is 3.02. The summed E-state index contributed by atoms with van der Waals surface area (Å²) in [5.41, 5.74) is -0.569. The van der Waals surface area contributed by atoms with Crippen LogP contribution in [0.4, 0.5) is 13.2 Å². The van der Waals surface area contributed by atoms with Gasteiger partial charge in [-0.3, -0.25) is 10.1 Å². The minimum absolute atomic E-state index is 0.0269. The molecule has 6 nitrogen and oxygen atoms in total. The first kappa shape index (κ1) is 16.4. The molecule has 0 amide bonds. The highest BCUT2D eigenvalue weighted by Gasteiger charge is 2.34. The summed E-state index contributed by atoms with van der Waals surface area (Å²) in [6, 6.07) is 3.98. The molecule has 3 rings (SSSR count). The van der Waals surface area contributed by atoms with Crippen molar-refractivity contribution in [3.63, 3.8) is 0 Å². The van der Waals surface area contributed by atoms with Gasteiger partial charge in [0.25, 0.3) is 0 Å². The smallest absolute Gasteiger partial charge is 0.265 e. The fraction of sp³-hybridized carbons (Fsp3) is 0.214. The number of aryl methyl sites for hydroxylation is 1. The molecule has 0 saturated heterocycles. The summed E-state index contributed by atoms with van der Waals surface area (Å²) in [7, 11) is 0. The highest BCUT2D eigenvalue weighted by molar-refractivity contribution is 7.99. The third kappa shape index (κ3) is 3.70. The third-order valence-electron chi connectivity index (χ3n) is 2.97. The summed E-state index contributed by atoms with van der Waals surface area (Å²) in [4.78, 5) is 15.8. The molecule has 0 aromatic carbocycles. The number of nitrogens with one attached hydrogen (secondary N) is 1. The van der Waals surface area contributed by atoms with Crippen molar-refractivity contribution in [3.8, 4) is 11.4 Å². The lowest BCUT2D eigenvalue weighted by atomic mass is 10.2. The zero-order chi connectivity index (χ0) is 17.2. The lowest BCUT2D eigenvalue weighted by molar-refractivity contribution is -0.141. The molecule has 0 spiro atoms. The first-order valence-electron chi connectivity index (χ1n) is 6.91. The summed E-state index contributed by atoms with van der Waals surface area (Å²) >= 11 is 0.943. The van der Waals surface area contributed by atoms with E-state index < -0.39 is 11.9 Å². The second kappa shape index (κ2) is 6.56. The van der Waals surface area contributed by atoms with Crippen molar-refractivity contribution in [2.24, 2.45) is 0 Å². The molecule has 10 heteroatoms. The molecule has 3 aromatic heterocycles. The van der Waals surface area contributed by atoms with Crippen molar-refractivity contribution in [3.05, 3.63) is 42.1 Å². The van der Waals surface area contributed by atoms with Crippen molar-refractivity contribution in [2.75, 3.05) is 0 Å². The van der Waals surface area contributed by atoms with Crippen LogP contribution in [0.1, 0.15) is 18.4 Å². The number of H-pyrrole nitrogens is 1. The van der Waals surface area contributed by atoms with E-state index in [1.165, 1.54) is 12.4 Å². The van der Waals surface area contributed by atoms with Crippen LogP contribution in [0.25, 0.3) is 11.4 Å². The molecule has 0 aliphatic carbocycles. The van der Waals surface area contributed by atoms with Crippen molar-refractivity contribution in [2.45, 2.75) is 29.7 Å². The number of halogens is 3. The fourth-order valence-corrected chi connectivity index (χ4v) is 2.56. The van der Waals surface area contributed by atoms with Gasteiger partial charge in [-0.15, -0.1) is 5.10 Å². The van der Waals surface area contributed by atoms with E-state index in [0.29, 0.717) is 23.0 Å². The van der Waals surface area contributed by atoms with E-state index >= 15 is 0 Å². The van der Waals surface area contributed by atoms with Gasteiger partial charge in [0, 0.05) is 30.4 Å². The van der Waals surface area contributed by atoms with E-state index in [2.05, 4.69) is 30.1 Å². The van der Waals surface area contributed by atoms with E-state index in [1.807, 2.05) is 6.92 Å². The molecule has 0 radical (unpaired) electrons. The summed E-state index contributed by atoms with van der Waals surface area (Å²) in [6.07, 6.45) is -0.996. The molecule has 24 heavy (non-hydrogen) atoms. The van der Waals surface area contributed by atoms with Crippen LogP contribution in [-0.4, -0.2) is 30.1 Å². The lowest BCUT2D eigenvalue weighted by Crippen LogP contribution is -2.10. The highest BCUT2D eigenvalue weighted by Crippen LogP contribution is 2.33. The Bertz CT molecular complexity index is 834. The molecule has 0 aliphatic heterocycles. The maximum absolute atomic E-state index is 13.1. The Labute approximate surface area is 139 Å². The molecular weight excluding hydrogens is 341 g/mol. The molecule has 124 valence electrons. The van der Waals surface area contributed by atoms with E-state index in [9.17, 15) is 13.2 Å². The molecule has 0 atom stereocenters. The summed E-state index contributed by atoms with van der Waals surface area (Å²) in [5, 5.41) is 7.08. The number of rotatable bonds is 4. The second-order valence-electron chi connectivity index (χ2n) is 4.67. The van der Waals surface area contributed by atoms with E-state index in [4.69, 9.17) is 0 Å². The van der Waals surface area contributed by atoms with Crippen LogP contribution in [0.15, 0.2) is 40.8 Å². The molecule has 3 heterocycles. The van der Waals surface area contributed by atoms with E-state index in [1.54, 1.807) is 12.1 Å². The SMILES string of the molecule is CCc1nc(Sc2cc(C(F)(F)F)nc(-c3ccncc3)n2)n[nH]1. The molecule has 0 unspecified atom stereocenters. The highest BCUT2D eigenvalue weighted by atomic mass is 32.2. The average molecular weight is 352 g/mol. The Morgan fingerprint density at radius 2 is 1.88 bits per heavy atom.